The molecule has 0 fully saturated rings. The van der Waals surface area contributed by atoms with Crippen molar-refractivity contribution in [1.82, 2.24) is 19.3 Å². The van der Waals surface area contributed by atoms with Crippen molar-refractivity contribution in [2.24, 2.45) is 7.05 Å². The van der Waals surface area contributed by atoms with Gasteiger partial charge in [-0.05, 0) is 18.9 Å². The summed E-state index contributed by atoms with van der Waals surface area (Å²) in [6.07, 6.45) is 0.876. The summed E-state index contributed by atoms with van der Waals surface area (Å²) in [5.74, 6) is 1.30. The Morgan fingerprint density at radius 3 is 2.52 bits per heavy atom. The lowest BCUT2D eigenvalue weighted by atomic mass is 10.1. The monoisotopic (exact) mass is 302 g/mol. The molecule has 0 aliphatic carbocycles. The van der Waals surface area contributed by atoms with E-state index in [2.05, 4.69) is 52.8 Å². The molecule has 0 amide bonds. The standard InChI is InChI=1S/C16H19ClN4/c1-4-13-15-16(20(3)19-13)21(14(9-17)18-15)10-12-7-5-11(2)6-8-12/h5-8H,4,9-10H2,1-3H3. The van der Waals surface area contributed by atoms with Crippen LogP contribution in [-0.4, -0.2) is 19.3 Å². The van der Waals surface area contributed by atoms with Crippen LogP contribution in [0.15, 0.2) is 24.3 Å². The number of fused-ring (bicyclic) bond motifs is 1. The maximum absolute atomic E-state index is 6.09. The van der Waals surface area contributed by atoms with Gasteiger partial charge in [0.15, 0.2) is 5.65 Å². The Bertz CT molecular complexity index is 768. The lowest BCUT2D eigenvalue weighted by molar-refractivity contribution is 0.698. The first kappa shape index (κ1) is 14.1. The number of benzene rings is 1. The third-order valence-electron chi connectivity index (χ3n) is 3.79. The molecule has 0 saturated heterocycles. The molecule has 0 aliphatic rings. The molecular formula is C16H19ClN4. The van der Waals surface area contributed by atoms with Crippen molar-refractivity contribution < 1.29 is 0 Å². The van der Waals surface area contributed by atoms with Crippen LogP contribution in [0.5, 0.6) is 0 Å². The molecule has 0 saturated carbocycles. The van der Waals surface area contributed by atoms with Gasteiger partial charge in [0.1, 0.15) is 11.3 Å². The highest BCUT2D eigenvalue weighted by Gasteiger charge is 2.18. The number of aromatic nitrogens is 4. The van der Waals surface area contributed by atoms with Gasteiger partial charge < -0.3 is 4.57 Å². The lowest BCUT2D eigenvalue weighted by Crippen LogP contribution is -2.07. The van der Waals surface area contributed by atoms with Gasteiger partial charge in [0.05, 0.1) is 18.1 Å². The smallest absolute Gasteiger partial charge is 0.159 e. The predicted molar refractivity (Wildman–Crippen MR) is 85.7 cm³/mol. The Morgan fingerprint density at radius 1 is 1.19 bits per heavy atom. The minimum absolute atomic E-state index is 0.406. The fraction of sp³-hybridized carbons (Fsp3) is 0.375. The minimum Gasteiger partial charge on any atom is -0.307 e. The van der Waals surface area contributed by atoms with E-state index in [-0.39, 0.29) is 0 Å². The van der Waals surface area contributed by atoms with Crippen molar-refractivity contribution in [3.8, 4) is 0 Å². The van der Waals surface area contributed by atoms with E-state index in [0.717, 1.165) is 35.6 Å². The Labute approximate surface area is 129 Å². The van der Waals surface area contributed by atoms with E-state index >= 15 is 0 Å². The number of hydrogen-bond donors (Lipinski definition) is 0. The molecule has 0 aliphatic heterocycles. The maximum atomic E-state index is 6.09. The molecule has 4 nitrogen and oxygen atoms in total. The number of imidazole rings is 1. The molecule has 110 valence electrons. The summed E-state index contributed by atoms with van der Waals surface area (Å²) in [5, 5.41) is 4.55. The van der Waals surface area contributed by atoms with Gasteiger partial charge >= 0.3 is 0 Å². The second-order valence-corrected chi connectivity index (χ2v) is 5.60. The number of aryl methyl sites for hydroxylation is 3. The maximum Gasteiger partial charge on any atom is 0.159 e. The van der Waals surface area contributed by atoms with E-state index in [9.17, 15) is 0 Å². The molecule has 0 atom stereocenters. The van der Waals surface area contributed by atoms with Crippen LogP contribution in [0.4, 0.5) is 0 Å². The molecular weight excluding hydrogens is 284 g/mol. The molecule has 5 heteroatoms. The number of nitrogens with zero attached hydrogens (tertiary/aromatic N) is 4. The fourth-order valence-corrected chi connectivity index (χ4v) is 2.87. The predicted octanol–water partition coefficient (Wildman–Crippen LogP) is 3.43. The zero-order chi connectivity index (χ0) is 15.0. The Kier molecular flexibility index (Phi) is 3.72. The third kappa shape index (κ3) is 2.44. The first-order chi connectivity index (χ1) is 10.1. The highest BCUT2D eigenvalue weighted by atomic mass is 35.5. The van der Waals surface area contributed by atoms with Crippen molar-refractivity contribution in [2.45, 2.75) is 32.7 Å². The van der Waals surface area contributed by atoms with Crippen molar-refractivity contribution in [2.75, 3.05) is 0 Å². The van der Waals surface area contributed by atoms with Crippen LogP contribution < -0.4 is 0 Å². The van der Waals surface area contributed by atoms with E-state index in [1.165, 1.54) is 11.1 Å². The van der Waals surface area contributed by atoms with Gasteiger partial charge in [0, 0.05) is 7.05 Å². The summed E-state index contributed by atoms with van der Waals surface area (Å²) >= 11 is 6.09. The zero-order valence-corrected chi connectivity index (χ0v) is 13.4. The van der Waals surface area contributed by atoms with Crippen LogP contribution >= 0.6 is 11.6 Å². The second kappa shape index (κ2) is 5.53. The molecule has 21 heavy (non-hydrogen) atoms. The van der Waals surface area contributed by atoms with Gasteiger partial charge in [-0.1, -0.05) is 36.8 Å². The average molecular weight is 303 g/mol. The summed E-state index contributed by atoms with van der Waals surface area (Å²) in [4.78, 5) is 4.68. The Balaban J connectivity index is 2.11. The molecule has 2 aromatic heterocycles. The van der Waals surface area contributed by atoms with Crippen molar-refractivity contribution in [3.63, 3.8) is 0 Å². The topological polar surface area (TPSA) is 35.6 Å². The first-order valence-electron chi connectivity index (χ1n) is 7.16. The molecule has 2 heterocycles. The van der Waals surface area contributed by atoms with Crippen LogP contribution in [0.2, 0.25) is 0 Å². The second-order valence-electron chi connectivity index (χ2n) is 5.33. The molecule has 0 unspecified atom stereocenters. The first-order valence-corrected chi connectivity index (χ1v) is 7.70. The van der Waals surface area contributed by atoms with Gasteiger partial charge in [-0.3, -0.25) is 4.68 Å². The largest absolute Gasteiger partial charge is 0.307 e. The van der Waals surface area contributed by atoms with E-state index in [0.29, 0.717) is 5.88 Å². The van der Waals surface area contributed by atoms with Gasteiger partial charge in [-0.15, -0.1) is 11.6 Å². The molecule has 3 rings (SSSR count). The van der Waals surface area contributed by atoms with Crippen molar-refractivity contribution in [1.29, 1.82) is 0 Å². The van der Waals surface area contributed by atoms with Crippen molar-refractivity contribution >= 4 is 22.8 Å². The Hall–Kier alpha value is -1.81. The summed E-state index contributed by atoms with van der Waals surface area (Å²) in [6, 6.07) is 8.56. The molecule has 0 radical (unpaired) electrons. The lowest BCUT2D eigenvalue weighted by Gasteiger charge is -2.08. The zero-order valence-electron chi connectivity index (χ0n) is 12.6. The molecule has 0 N–H and O–H groups in total. The number of rotatable bonds is 4. The summed E-state index contributed by atoms with van der Waals surface area (Å²) in [6.45, 7) is 4.96. The van der Waals surface area contributed by atoms with Crippen molar-refractivity contribution in [3.05, 3.63) is 46.9 Å². The SMILES string of the molecule is CCc1nn(C)c2c1nc(CCl)n2Cc1ccc(C)cc1. The van der Waals surface area contributed by atoms with Crippen LogP contribution in [0.25, 0.3) is 11.2 Å². The van der Waals surface area contributed by atoms with E-state index in [4.69, 9.17) is 11.6 Å². The normalized spacial score (nSPS) is 11.4. The number of alkyl halides is 1. The summed E-state index contributed by atoms with van der Waals surface area (Å²) in [7, 11) is 1.97. The van der Waals surface area contributed by atoms with Crippen LogP contribution in [0.3, 0.4) is 0 Å². The van der Waals surface area contributed by atoms with Gasteiger partial charge in [-0.25, -0.2) is 4.98 Å². The fourth-order valence-electron chi connectivity index (χ4n) is 2.67. The van der Waals surface area contributed by atoms with E-state index in [1.54, 1.807) is 0 Å². The highest BCUT2D eigenvalue weighted by Crippen LogP contribution is 2.22. The number of hydrogen-bond acceptors (Lipinski definition) is 2. The van der Waals surface area contributed by atoms with Gasteiger partial charge in [0.2, 0.25) is 0 Å². The molecule has 3 aromatic rings. The van der Waals surface area contributed by atoms with Gasteiger partial charge in [-0.2, -0.15) is 5.10 Å². The summed E-state index contributed by atoms with van der Waals surface area (Å²) in [5.41, 5.74) is 5.55. The third-order valence-corrected chi connectivity index (χ3v) is 4.03. The van der Waals surface area contributed by atoms with Crippen LogP contribution in [0, 0.1) is 6.92 Å². The van der Waals surface area contributed by atoms with E-state index in [1.807, 2.05) is 11.7 Å². The molecule has 0 bridgehead atoms. The summed E-state index contributed by atoms with van der Waals surface area (Å²) < 4.78 is 4.07. The van der Waals surface area contributed by atoms with Gasteiger partial charge in [0.25, 0.3) is 0 Å². The number of halogens is 1. The van der Waals surface area contributed by atoms with Crippen LogP contribution in [0.1, 0.15) is 29.6 Å². The average Bonchev–Trinajstić information content (AvgIpc) is 2.99. The van der Waals surface area contributed by atoms with Crippen LogP contribution in [-0.2, 0) is 25.9 Å². The van der Waals surface area contributed by atoms with E-state index < -0.39 is 0 Å². The minimum atomic E-state index is 0.406. The highest BCUT2D eigenvalue weighted by molar-refractivity contribution is 6.16. The Morgan fingerprint density at radius 2 is 1.90 bits per heavy atom. The molecule has 0 spiro atoms. The molecule has 1 aromatic carbocycles. The quantitative estimate of drug-likeness (QED) is 0.692.